The lowest BCUT2D eigenvalue weighted by Crippen LogP contribution is -2.21. The molecule has 1 saturated heterocycles. The summed E-state index contributed by atoms with van der Waals surface area (Å²) in [5, 5.41) is 8.22. The zero-order valence-corrected chi connectivity index (χ0v) is 16.1. The molecule has 0 atom stereocenters. The number of nitrogens with one attached hydrogen (secondary N) is 1. The van der Waals surface area contributed by atoms with E-state index >= 15 is 0 Å². The van der Waals surface area contributed by atoms with Gasteiger partial charge in [-0.3, -0.25) is 4.68 Å². The molecule has 0 saturated carbocycles. The maximum absolute atomic E-state index is 6.15. The van der Waals surface area contributed by atoms with E-state index in [4.69, 9.17) is 38.4 Å². The molecule has 8 nitrogen and oxygen atoms in total. The van der Waals surface area contributed by atoms with Crippen LogP contribution in [0.5, 0.6) is 5.88 Å². The van der Waals surface area contributed by atoms with E-state index in [0.717, 1.165) is 38.2 Å². The number of nitrogens with zero attached hydrogens (tertiary/aromatic N) is 4. The molecule has 1 fully saturated rings. The van der Waals surface area contributed by atoms with Gasteiger partial charge in [0.1, 0.15) is 16.5 Å². The van der Waals surface area contributed by atoms with Crippen LogP contribution in [-0.4, -0.2) is 46.1 Å². The Morgan fingerprint density at radius 2 is 2.15 bits per heavy atom. The fraction of sp³-hybridized carbons (Fsp3) is 0.562. The van der Waals surface area contributed by atoms with Gasteiger partial charge in [-0.1, -0.05) is 11.6 Å². The third-order valence-corrected chi connectivity index (χ3v) is 4.72. The van der Waals surface area contributed by atoms with Crippen molar-refractivity contribution < 1.29 is 9.47 Å². The molecule has 0 amide bonds. The number of hydrogen-bond donors (Lipinski definition) is 2. The molecule has 142 valence electrons. The van der Waals surface area contributed by atoms with Crippen LogP contribution >= 0.6 is 23.2 Å². The summed E-state index contributed by atoms with van der Waals surface area (Å²) in [4.78, 5) is 7.84. The van der Waals surface area contributed by atoms with Crippen LogP contribution in [0.25, 0.3) is 0 Å². The van der Waals surface area contributed by atoms with Gasteiger partial charge in [0.15, 0.2) is 0 Å². The summed E-state index contributed by atoms with van der Waals surface area (Å²) in [6.07, 6.45) is 4.06. The number of nitrogen functional groups attached to an aromatic ring is 1. The number of aromatic nitrogens is 4. The number of halogens is 2. The summed E-state index contributed by atoms with van der Waals surface area (Å²) in [6.45, 7) is 4.56. The Labute approximate surface area is 162 Å². The van der Waals surface area contributed by atoms with Gasteiger partial charge in [-0.25, -0.2) is 4.98 Å². The second kappa shape index (κ2) is 8.75. The van der Waals surface area contributed by atoms with Crippen LogP contribution in [0.4, 0.5) is 11.5 Å². The molecule has 2 aromatic rings. The Bertz CT molecular complexity index is 749. The van der Waals surface area contributed by atoms with Crippen molar-refractivity contribution in [2.75, 3.05) is 37.4 Å². The summed E-state index contributed by atoms with van der Waals surface area (Å²) in [5.74, 6) is 0.989. The second-order valence-corrected chi connectivity index (χ2v) is 6.80. The number of ether oxygens (including phenoxy) is 2. The molecule has 3 rings (SSSR count). The zero-order chi connectivity index (χ0) is 18.5. The number of anilines is 2. The molecule has 1 aliphatic rings. The Balaban J connectivity index is 1.49. The molecule has 3 heterocycles. The SMILES string of the molecule is Cc1c(N)c(OCCCNc2nc(Cl)ncc2Cl)nn1C1CCOCC1. The molecule has 0 bridgehead atoms. The van der Waals surface area contributed by atoms with Crippen LogP contribution in [0.2, 0.25) is 10.3 Å². The largest absolute Gasteiger partial charge is 0.475 e. The molecule has 0 aromatic carbocycles. The lowest BCUT2D eigenvalue weighted by molar-refractivity contribution is 0.0652. The van der Waals surface area contributed by atoms with Gasteiger partial charge in [-0.15, -0.1) is 5.10 Å². The van der Waals surface area contributed by atoms with Crippen LogP contribution < -0.4 is 15.8 Å². The Hall–Kier alpha value is -1.77. The Morgan fingerprint density at radius 1 is 1.38 bits per heavy atom. The molecule has 3 N–H and O–H groups in total. The Kier molecular flexibility index (Phi) is 6.39. The van der Waals surface area contributed by atoms with Crippen molar-refractivity contribution in [1.29, 1.82) is 0 Å². The molecular weight excluding hydrogens is 379 g/mol. The van der Waals surface area contributed by atoms with Crippen LogP contribution in [-0.2, 0) is 4.74 Å². The number of rotatable bonds is 7. The minimum Gasteiger partial charge on any atom is -0.475 e. The highest BCUT2D eigenvalue weighted by atomic mass is 35.5. The first-order valence-corrected chi connectivity index (χ1v) is 9.29. The van der Waals surface area contributed by atoms with Gasteiger partial charge >= 0.3 is 0 Å². The summed E-state index contributed by atoms with van der Waals surface area (Å²) in [5.41, 5.74) is 7.68. The molecule has 2 aromatic heterocycles. The lowest BCUT2D eigenvalue weighted by atomic mass is 10.1. The average Bonchev–Trinajstić information content (AvgIpc) is 2.93. The van der Waals surface area contributed by atoms with E-state index < -0.39 is 0 Å². The van der Waals surface area contributed by atoms with Crippen molar-refractivity contribution in [3.8, 4) is 5.88 Å². The van der Waals surface area contributed by atoms with Gasteiger partial charge in [0.05, 0.1) is 24.5 Å². The molecule has 26 heavy (non-hydrogen) atoms. The van der Waals surface area contributed by atoms with Gasteiger partial charge in [0.25, 0.3) is 5.88 Å². The van der Waals surface area contributed by atoms with E-state index in [0.29, 0.717) is 41.6 Å². The molecular formula is C16H22Cl2N6O2. The molecule has 1 aliphatic heterocycles. The minimum atomic E-state index is 0.148. The maximum Gasteiger partial charge on any atom is 0.256 e. The predicted molar refractivity (Wildman–Crippen MR) is 101 cm³/mol. The van der Waals surface area contributed by atoms with Crippen LogP contribution in [0.1, 0.15) is 31.0 Å². The first-order chi connectivity index (χ1) is 12.6. The number of hydrogen-bond acceptors (Lipinski definition) is 7. The first-order valence-electron chi connectivity index (χ1n) is 8.53. The zero-order valence-electron chi connectivity index (χ0n) is 14.5. The normalized spacial score (nSPS) is 15.2. The van der Waals surface area contributed by atoms with Crippen molar-refractivity contribution in [2.24, 2.45) is 0 Å². The minimum absolute atomic E-state index is 0.148. The van der Waals surface area contributed by atoms with Gasteiger partial charge in [0, 0.05) is 19.8 Å². The topological polar surface area (TPSA) is 100 Å². The molecule has 0 spiro atoms. The van der Waals surface area contributed by atoms with Crippen molar-refractivity contribution >= 4 is 34.7 Å². The monoisotopic (exact) mass is 400 g/mol. The third kappa shape index (κ3) is 4.49. The molecule has 0 radical (unpaired) electrons. The summed E-state index contributed by atoms with van der Waals surface area (Å²) < 4.78 is 13.1. The van der Waals surface area contributed by atoms with Gasteiger partial charge in [0.2, 0.25) is 5.28 Å². The van der Waals surface area contributed by atoms with E-state index in [1.54, 1.807) is 0 Å². The van der Waals surface area contributed by atoms with Gasteiger partial charge in [-0.05, 0) is 37.8 Å². The Morgan fingerprint density at radius 3 is 2.92 bits per heavy atom. The highest BCUT2D eigenvalue weighted by molar-refractivity contribution is 6.33. The van der Waals surface area contributed by atoms with Crippen LogP contribution in [0.15, 0.2) is 6.20 Å². The third-order valence-electron chi connectivity index (χ3n) is 4.27. The van der Waals surface area contributed by atoms with E-state index in [2.05, 4.69) is 20.4 Å². The predicted octanol–water partition coefficient (Wildman–Crippen LogP) is 3.10. The van der Waals surface area contributed by atoms with Crippen LogP contribution in [0.3, 0.4) is 0 Å². The quantitative estimate of drug-likeness (QED) is 0.543. The first kappa shape index (κ1) is 19.0. The highest BCUT2D eigenvalue weighted by Crippen LogP contribution is 2.30. The summed E-state index contributed by atoms with van der Waals surface area (Å²) in [7, 11) is 0. The van der Waals surface area contributed by atoms with Crippen molar-refractivity contribution in [3.05, 3.63) is 22.2 Å². The van der Waals surface area contributed by atoms with Crippen LogP contribution in [0, 0.1) is 6.92 Å². The lowest BCUT2D eigenvalue weighted by Gasteiger charge is -2.23. The average molecular weight is 401 g/mol. The van der Waals surface area contributed by atoms with E-state index in [-0.39, 0.29) is 5.28 Å². The highest BCUT2D eigenvalue weighted by Gasteiger charge is 2.22. The van der Waals surface area contributed by atoms with Gasteiger partial charge in [-0.2, -0.15) is 4.98 Å². The summed E-state index contributed by atoms with van der Waals surface area (Å²) >= 11 is 11.8. The standard InChI is InChI=1S/C16H22Cl2N6O2/c1-10-13(19)15(23-24(10)11-3-7-25-8-4-11)26-6-2-5-20-14-12(17)9-21-16(18)22-14/h9,11H,2-8,19H2,1H3,(H,20,21,22). The molecule has 10 heteroatoms. The van der Waals surface area contributed by atoms with E-state index in [1.807, 2.05) is 11.6 Å². The smallest absolute Gasteiger partial charge is 0.256 e. The fourth-order valence-corrected chi connectivity index (χ4v) is 3.11. The van der Waals surface area contributed by atoms with E-state index in [9.17, 15) is 0 Å². The van der Waals surface area contributed by atoms with Gasteiger partial charge < -0.3 is 20.5 Å². The summed E-state index contributed by atoms with van der Waals surface area (Å²) in [6, 6.07) is 0.315. The fourth-order valence-electron chi connectivity index (χ4n) is 2.81. The molecule has 0 unspecified atom stereocenters. The van der Waals surface area contributed by atoms with Crippen molar-refractivity contribution in [2.45, 2.75) is 32.2 Å². The maximum atomic E-state index is 6.15. The molecule has 0 aliphatic carbocycles. The van der Waals surface area contributed by atoms with Crippen molar-refractivity contribution in [3.63, 3.8) is 0 Å². The number of nitrogens with two attached hydrogens (primary N) is 1. The second-order valence-electron chi connectivity index (χ2n) is 6.06. The van der Waals surface area contributed by atoms with E-state index in [1.165, 1.54) is 6.20 Å². The van der Waals surface area contributed by atoms with Crippen molar-refractivity contribution in [1.82, 2.24) is 19.7 Å².